The van der Waals surface area contributed by atoms with Crippen LogP contribution in [0.4, 0.5) is 0 Å². The highest BCUT2D eigenvalue weighted by Crippen LogP contribution is 2.13. The van der Waals surface area contributed by atoms with Gasteiger partial charge < -0.3 is 10.1 Å². The minimum absolute atomic E-state index is 0.0876. The summed E-state index contributed by atoms with van der Waals surface area (Å²) < 4.78 is 6.98. The first kappa shape index (κ1) is 21.5. The molecule has 2 heterocycles. The highest BCUT2D eigenvalue weighted by atomic mass is 16.5. The van der Waals surface area contributed by atoms with Gasteiger partial charge in [0.15, 0.2) is 0 Å². The molecular weight excluding hydrogens is 404 g/mol. The smallest absolute Gasteiger partial charge is 0.267 e. The fourth-order valence-corrected chi connectivity index (χ4v) is 2.50. The standard InChI is InChI=1S/C20H20N6O5/c27-17(25-30)8-5-14-3-6-15(7-4-14)31-12-2-9-21-18(28)16-13-22-20(24-19(16)29)26-11-1-10-23-26/h1,3-8,10-11,13,30H,2,9,12H2,(H,21,28)(H,25,27)(H,22,24,29). The Morgan fingerprint density at radius 2 is 2.06 bits per heavy atom. The lowest BCUT2D eigenvalue weighted by atomic mass is 10.2. The van der Waals surface area contributed by atoms with Gasteiger partial charge in [-0.05, 0) is 36.3 Å². The number of aromatic amines is 1. The van der Waals surface area contributed by atoms with E-state index in [1.165, 1.54) is 22.4 Å². The summed E-state index contributed by atoms with van der Waals surface area (Å²) in [6, 6.07) is 8.67. The molecule has 0 radical (unpaired) electrons. The van der Waals surface area contributed by atoms with E-state index in [2.05, 4.69) is 20.4 Å². The lowest BCUT2D eigenvalue weighted by Crippen LogP contribution is -2.31. The predicted octanol–water partition coefficient (Wildman–Crippen LogP) is 0.673. The average Bonchev–Trinajstić information content (AvgIpc) is 3.33. The van der Waals surface area contributed by atoms with Crippen LogP contribution in [0.25, 0.3) is 12.0 Å². The number of hydroxylamine groups is 1. The molecule has 3 aromatic rings. The maximum absolute atomic E-state index is 12.2. The number of amides is 2. The molecule has 3 rings (SSSR count). The number of nitrogens with one attached hydrogen (secondary N) is 3. The average molecular weight is 424 g/mol. The number of nitrogens with zero attached hydrogens (tertiary/aromatic N) is 3. The van der Waals surface area contributed by atoms with E-state index < -0.39 is 17.4 Å². The zero-order valence-corrected chi connectivity index (χ0v) is 16.3. The van der Waals surface area contributed by atoms with Crippen LogP contribution in [0.15, 0.2) is 59.8 Å². The van der Waals surface area contributed by atoms with E-state index in [0.717, 1.165) is 5.56 Å². The first-order valence-electron chi connectivity index (χ1n) is 9.29. The van der Waals surface area contributed by atoms with Gasteiger partial charge in [0, 0.05) is 31.2 Å². The first-order valence-corrected chi connectivity index (χ1v) is 9.29. The van der Waals surface area contributed by atoms with Gasteiger partial charge in [0.2, 0.25) is 5.95 Å². The van der Waals surface area contributed by atoms with E-state index >= 15 is 0 Å². The lowest BCUT2D eigenvalue weighted by Gasteiger charge is -2.08. The van der Waals surface area contributed by atoms with Crippen molar-refractivity contribution >= 4 is 17.9 Å². The number of carbonyl (C=O) groups is 2. The maximum atomic E-state index is 12.2. The Bertz CT molecular complexity index is 1110. The van der Waals surface area contributed by atoms with Crippen LogP contribution in [0.5, 0.6) is 5.75 Å². The number of H-pyrrole nitrogens is 1. The van der Waals surface area contributed by atoms with Crippen LogP contribution in [0.1, 0.15) is 22.3 Å². The minimum Gasteiger partial charge on any atom is -0.494 e. The molecule has 2 amide bonds. The van der Waals surface area contributed by atoms with Crippen LogP contribution in [0.2, 0.25) is 0 Å². The van der Waals surface area contributed by atoms with Crippen molar-refractivity contribution in [1.82, 2.24) is 30.5 Å². The maximum Gasteiger partial charge on any atom is 0.267 e. The van der Waals surface area contributed by atoms with Crippen LogP contribution < -0.4 is 21.1 Å². The molecule has 0 atom stereocenters. The van der Waals surface area contributed by atoms with Gasteiger partial charge in [-0.1, -0.05) is 12.1 Å². The monoisotopic (exact) mass is 424 g/mol. The van der Waals surface area contributed by atoms with E-state index in [9.17, 15) is 14.4 Å². The van der Waals surface area contributed by atoms with Crippen molar-refractivity contribution in [1.29, 1.82) is 0 Å². The molecule has 0 unspecified atom stereocenters. The number of ether oxygens (including phenoxy) is 1. The van der Waals surface area contributed by atoms with Gasteiger partial charge in [-0.15, -0.1) is 0 Å². The third-order valence-electron chi connectivity index (χ3n) is 4.04. The Morgan fingerprint density at radius 3 is 2.74 bits per heavy atom. The third kappa shape index (κ3) is 6.11. The predicted molar refractivity (Wildman–Crippen MR) is 110 cm³/mol. The molecule has 0 saturated heterocycles. The van der Waals surface area contributed by atoms with E-state index in [-0.39, 0.29) is 11.5 Å². The van der Waals surface area contributed by atoms with Gasteiger partial charge in [-0.2, -0.15) is 5.10 Å². The van der Waals surface area contributed by atoms with Crippen molar-refractivity contribution in [2.45, 2.75) is 6.42 Å². The summed E-state index contributed by atoms with van der Waals surface area (Å²) >= 11 is 0. The summed E-state index contributed by atoms with van der Waals surface area (Å²) in [5, 5.41) is 15.1. The summed E-state index contributed by atoms with van der Waals surface area (Å²) in [6.07, 6.45) is 7.65. The molecule has 1 aromatic carbocycles. The van der Waals surface area contributed by atoms with Crippen LogP contribution in [-0.4, -0.2) is 49.9 Å². The van der Waals surface area contributed by atoms with Crippen LogP contribution in [0, 0.1) is 0 Å². The molecule has 11 heteroatoms. The van der Waals surface area contributed by atoms with Gasteiger partial charge >= 0.3 is 0 Å². The molecule has 0 spiro atoms. The Kier molecular flexibility index (Phi) is 7.27. The summed E-state index contributed by atoms with van der Waals surface area (Å²) in [4.78, 5) is 41.8. The van der Waals surface area contributed by atoms with Gasteiger partial charge in [-0.25, -0.2) is 15.1 Å². The van der Waals surface area contributed by atoms with Crippen molar-refractivity contribution in [3.63, 3.8) is 0 Å². The SMILES string of the molecule is O=C(C=Cc1ccc(OCCCNC(=O)c2cnc(-n3cccn3)[nH]c2=O)cc1)NO. The summed E-state index contributed by atoms with van der Waals surface area (Å²) in [7, 11) is 0. The largest absolute Gasteiger partial charge is 0.494 e. The number of carbonyl (C=O) groups excluding carboxylic acids is 2. The number of hydrogen-bond acceptors (Lipinski definition) is 7. The molecule has 4 N–H and O–H groups in total. The lowest BCUT2D eigenvalue weighted by molar-refractivity contribution is -0.124. The van der Waals surface area contributed by atoms with Gasteiger partial charge in [0.25, 0.3) is 17.4 Å². The molecule has 31 heavy (non-hydrogen) atoms. The molecule has 0 fully saturated rings. The number of aromatic nitrogens is 4. The normalized spacial score (nSPS) is 10.7. The summed E-state index contributed by atoms with van der Waals surface area (Å²) in [5.74, 6) is -0.291. The number of benzene rings is 1. The number of rotatable bonds is 9. The van der Waals surface area contributed by atoms with Crippen LogP contribution >= 0.6 is 0 Å². The third-order valence-corrected chi connectivity index (χ3v) is 4.04. The molecular formula is C20H20N6O5. The Labute approximate surface area is 176 Å². The molecule has 0 bridgehead atoms. The first-order chi connectivity index (χ1) is 15.1. The molecule has 0 aliphatic rings. The molecule has 11 nitrogen and oxygen atoms in total. The Morgan fingerprint density at radius 1 is 1.26 bits per heavy atom. The second kappa shape index (κ2) is 10.5. The highest BCUT2D eigenvalue weighted by molar-refractivity contribution is 5.93. The second-order valence-electron chi connectivity index (χ2n) is 6.24. The second-order valence-corrected chi connectivity index (χ2v) is 6.24. The van der Waals surface area contributed by atoms with Crippen molar-refractivity contribution in [3.05, 3.63) is 76.5 Å². The molecule has 160 valence electrons. The highest BCUT2D eigenvalue weighted by Gasteiger charge is 2.12. The Hall–Kier alpha value is -4.25. The van der Waals surface area contributed by atoms with E-state index in [0.29, 0.717) is 25.3 Å². The fourth-order valence-electron chi connectivity index (χ4n) is 2.50. The van der Waals surface area contributed by atoms with Crippen molar-refractivity contribution in [3.8, 4) is 11.7 Å². The van der Waals surface area contributed by atoms with Crippen LogP contribution in [-0.2, 0) is 4.79 Å². The minimum atomic E-state index is -0.617. The van der Waals surface area contributed by atoms with E-state index in [1.807, 2.05) is 0 Å². The van der Waals surface area contributed by atoms with Crippen molar-refractivity contribution in [2.75, 3.05) is 13.2 Å². The quantitative estimate of drug-likeness (QED) is 0.171. The zero-order valence-electron chi connectivity index (χ0n) is 16.3. The molecule has 2 aromatic heterocycles. The fraction of sp³-hybridized carbons (Fsp3) is 0.150. The van der Waals surface area contributed by atoms with Gasteiger partial charge in [-0.3, -0.25) is 24.6 Å². The molecule has 0 saturated carbocycles. The molecule has 0 aliphatic carbocycles. The van der Waals surface area contributed by atoms with Crippen LogP contribution in [0.3, 0.4) is 0 Å². The number of hydrogen-bond donors (Lipinski definition) is 4. The van der Waals surface area contributed by atoms with Gasteiger partial charge in [0.1, 0.15) is 11.3 Å². The van der Waals surface area contributed by atoms with Crippen molar-refractivity contribution in [2.24, 2.45) is 0 Å². The zero-order chi connectivity index (χ0) is 22.1. The van der Waals surface area contributed by atoms with E-state index in [1.54, 1.807) is 48.8 Å². The van der Waals surface area contributed by atoms with Crippen molar-refractivity contribution < 1.29 is 19.5 Å². The summed E-state index contributed by atoms with van der Waals surface area (Å²) in [5.41, 5.74) is 1.63. The molecule has 0 aliphatic heterocycles. The van der Waals surface area contributed by atoms with Gasteiger partial charge in [0.05, 0.1) is 6.61 Å². The summed E-state index contributed by atoms with van der Waals surface area (Å²) in [6.45, 7) is 0.672. The van der Waals surface area contributed by atoms with E-state index in [4.69, 9.17) is 9.94 Å². The Balaban J connectivity index is 1.42. The topological polar surface area (TPSA) is 151 Å².